The fourth-order valence-corrected chi connectivity index (χ4v) is 5.82. The average molecular weight is 540 g/mol. The number of ether oxygens (including phenoxy) is 3. The predicted octanol–water partition coefficient (Wildman–Crippen LogP) is 4.85. The second-order valence-corrected chi connectivity index (χ2v) is 10.5. The van der Waals surface area contributed by atoms with Gasteiger partial charge in [-0.25, -0.2) is 4.39 Å². The van der Waals surface area contributed by atoms with E-state index in [1.165, 1.54) is 12.1 Å². The van der Waals surface area contributed by atoms with Crippen molar-refractivity contribution in [3.8, 4) is 22.6 Å². The summed E-state index contributed by atoms with van der Waals surface area (Å²) in [6.07, 6.45) is 2.55. The van der Waals surface area contributed by atoms with Crippen molar-refractivity contribution in [1.82, 2.24) is 9.80 Å². The molecular formula is C30H38FN3O5. The smallest absolute Gasteiger partial charge is 0.310 e. The summed E-state index contributed by atoms with van der Waals surface area (Å²) >= 11 is 0. The molecule has 0 aromatic heterocycles. The van der Waals surface area contributed by atoms with Crippen LogP contribution in [0.25, 0.3) is 11.1 Å². The number of rotatable bonds is 9. The molecule has 1 unspecified atom stereocenters. The van der Waals surface area contributed by atoms with Crippen molar-refractivity contribution < 1.29 is 28.2 Å². The molecule has 2 fully saturated rings. The van der Waals surface area contributed by atoms with E-state index < -0.39 is 0 Å². The van der Waals surface area contributed by atoms with E-state index in [1.54, 1.807) is 12.1 Å². The molecule has 2 aromatic rings. The first-order valence-electron chi connectivity index (χ1n) is 14.0. The third-order valence-corrected chi connectivity index (χ3v) is 7.52. The van der Waals surface area contributed by atoms with Crippen LogP contribution in [-0.2, 0) is 20.9 Å². The van der Waals surface area contributed by atoms with Crippen molar-refractivity contribution in [2.75, 3.05) is 46.0 Å². The number of piperidine rings is 1. The zero-order valence-electron chi connectivity index (χ0n) is 23.1. The van der Waals surface area contributed by atoms with Crippen molar-refractivity contribution in [3.63, 3.8) is 0 Å². The second kappa shape index (κ2) is 11.8. The minimum absolute atomic E-state index is 0.104. The predicted molar refractivity (Wildman–Crippen MR) is 146 cm³/mol. The van der Waals surface area contributed by atoms with Gasteiger partial charge in [0.05, 0.1) is 37.7 Å². The fourth-order valence-electron chi connectivity index (χ4n) is 5.82. The second-order valence-electron chi connectivity index (χ2n) is 10.5. The number of carbonyl (C=O) groups is 1. The molecule has 8 nitrogen and oxygen atoms in total. The summed E-state index contributed by atoms with van der Waals surface area (Å²) in [7, 11) is 0. The molecule has 210 valence electrons. The van der Waals surface area contributed by atoms with E-state index in [9.17, 15) is 9.18 Å². The zero-order chi connectivity index (χ0) is 27.4. The number of oxime groups is 1. The standard InChI is InChI=1S/C30H38FN3O5/c1-4-36-25-14-21(15-26(37-5-2)28(25)22-9-11-24(31)12-10-22)17-33-19-30(20-33)16-27(32-39-30)34-13-7-8-23(18-34)29(35)38-6-3/h9-12,14-15,23H,4-8,13,16-20H2,1-3H3. The monoisotopic (exact) mass is 539 g/mol. The van der Waals surface area contributed by atoms with E-state index in [0.29, 0.717) is 26.4 Å². The SMILES string of the molecule is CCOC(=O)C1CCCN(C2=NOC3(C2)CN(Cc2cc(OCC)c(-c4ccc(F)cc4)c(OCC)c2)C3)C1. The number of benzene rings is 2. The fraction of sp³-hybridized carbons (Fsp3) is 0.533. The first-order chi connectivity index (χ1) is 18.9. The first-order valence-corrected chi connectivity index (χ1v) is 14.0. The Morgan fingerprint density at radius 2 is 1.77 bits per heavy atom. The molecule has 9 heteroatoms. The first kappa shape index (κ1) is 27.2. The largest absolute Gasteiger partial charge is 0.493 e. The zero-order valence-corrected chi connectivity index (χ0v) is 23.1. The van der Waals surface area contributed by atoms with E-state index in [-0.39, 0.29) is 23.3 Å². The number of hydrogen-bond donors (Lipinski definition) is 0. The molecule has 0 radical (unpaired) electrons. The van der Waals surface area contributed by atoms with Gasteiger partial charge in [-0.2, -0.15) is 0 Å². The Bertz CT molecular complexity index is 1170. The number of hydrogen-bond acceptors (Lipinski definition) is 8. The van der Waals surface area contributed by atoms with Crippen LogP contribution in [0, 0.1) is 11.7 Å². The molecular weight excluding hydrogens is 501 g/mol. The molecule has 0 N–H and O–H groups in total. The maximum atomic E-state index is 13.6. The van der Waals surface area contributed by atoms with Gasteiger partial charge in [0, 0.05) is 32.7 Å². The van der Waals surface area contributed by atoms with Gasteiger partial charge >= 0.3 is 5.97 Å². The number of amidine groups is 1. The van der Waals surface area contributed by atoms with Crippen molar-refractivity contribution in [2.24, 2.45) is 11.1 Å². The van der Waals surface area contributed by atoms with Crippen LogP contribution in [0.1, 0.15) is 45.6 Å². The van der Waals surface area contributed by atoms with E-state index in [2.05, 4.69) is 27.1 Å². The Balaban J connectivity index is 1.24. The van der Waals surface area contributed by atoms with Gasteiger partial charge in [-0.05, 0) is 69.0 Å². The van der Waals surface area contributed by atoms with Crippen LogP contribution >= 0.6 is 0 Å². The van der Waals surface area contributed by atoms with Gasteiger partial charge in [0.1, 0.15) is 23.2 Å². The van der Waals surface area contributed by atoms with Gasteiger partial charge < -0.3 is 23.9 Å². The molecule has 3 aliphatic heterocycles. The van der Waals surface area contributed by atoms with Gasteiger partial charge in [-0.1, -0.05) is 17.3 Å². The summed E-state index contributed by atoms with van der Waals surface area (Å²) in [5.41, 5.74) is 2.45. The van der Waals surface area contributed by atoms with E-state index in [0.717, 1.165) is 79.5 Å². The molecule has 0 amide bonds. The van der Waals surface area contributed by atoms with E-state index in [1.807, 2.05) is 20.8 Å². The van der Waals surface area contributed by atoms with Crippen molar-refractivity contribution in [3.05, 3.63) is 47.8 Å². The third-order valence-electron chi connectivity index (χ3n) is 7.52. The Labute approximate surface area is 229 Å². The summed E-state index contributed by atoms with van der Waals surface area (Å²) in [6.45, 7) is 11.0. The van der Waals surface area contributed by atoms with Gasteiger partial charge in [0.15, 0.2) is 5.60 Å². The molecule has 3 heterocycles. The number of carbonyl (C=O) groups excluding carboxylic acids is 1. The van der Waals surface area contributed by atoms with Gasteiger partial charge in [0.2, 0.25) is 0 Å². The van der Waals surface area contributed by atoms with E-state index >= 15 is 0 Å². The van der Waals surface area contributed by atoms with Gasteiger partial charge in [-0.3, -0.25) is 9.69 Å². The lowest BCUT2D eigenvalue weighted by molar-refractivity contribution is -0.149. The maximum absolute atomic E-state index is 13.6. The average Bonchev–Trinajstić information content (AvgIpc) is 3.36. The molecule has 0 aliphatic carbocycles. The Morgan fingerprint density at radius 3 is 2.41 bits per heavy atom. The third kappa shape index (κ3) is 5.98. The summed E-state index contributed by atoms with van der Waals surface area (Å²) in [4.78, 5) is 22.8. The number of halogens is 1. The molecule has 3 aliphatic rings. The van der Waals surface area contributed by atoms with Crippen molar-refractivity contribution in [2.45, 2.75) is 52.2 Å². The highest BCUT2D eigenvalue weighted by atomic mass is 19.1. The lowest BCUT2D eigenvalue weighted by Crippen LogP contribution is -2.61. The number of esters is 1. The highest BCUT2D eigenvalue weighted by Gasteiger charge is 2.51. The highest BCUT2D eigenvalue weighted by molar-refractivity contribution is 5.85. The minimum Gasteiger partial charge on any atom is -0.493 e. The Morgan fingerprint density at radius 1 is 1.08 bits per heavy atom. The van der Waals surface area contributed by atoms with Crippen LogP contribution in [-0.4, -0.2) is 73.2 Å². The van der Waals surface area contributed by atoms with Crippen LogP contribution in [0.5, 0.6) is 11.5 Å². The highest BCUT2D eigenvalue weighted by Crippen LogP contribution is 2.42. The molecule has 1 atom stereocenters. The molecule has 5 rings (SSSR count). The van der Waals surface area contributed by atoms with Crippen LogP contribution in [0.4, 0.5) is 4.39 Å². The lowest BCUT2D eigenvalue weighted by atomic mass is 9.88. The van der Waals surface area contributed by atoms with E-state index in [4.69, 9.17) is 19.0 Å². The molecule has 39 heavy (non-hydrogen) atoms. The minimum atomic E-state index is -0.314. The van der Waals surface area contributed by atoms with Crippen LogP contribution in [0.15, 0.2) is 41.6 Å². The van der Waals surface area contributed by atoms with Crippen LogP contribution < -0.4 is 9.47 Å². The molecule has 2 aromatic carbocycles. The Hall–Kier alpha value is -3.33. The molecule has 0 saturated carbocycles. The van der Waals surface area contributed by atoms with Crippen molar-refractivity contribution >= 4 is 11.8 Å². The summed E-state index contributed by atoms with van der Waals surface area (Å²) < 4.78 is 30.9. The molecule has 0 bridgehead atoms. The van der Waals surface area contributed by atoms with Crippen LogP contribution in [0.3, 0.4) is 0 Å². The Kier molecular flexibility index (Phi) is 8.26. The molecule has 2 saturated heterocycles. The summed E-state index contributed by atoms with van der Waals surface area (Å²) in [5.74, 6) is 1.89. The lowest BCUT2D eigenvalue weighted by Gasteiger charge is -2.45. The number of nitrogens with zero attached hydrogens (tertiary/aromatic N) is 3. The summed E-state index contributed by atoms with van der Waals surface area (Å²) in [5, 5.41) is 4.44. The number of likely N-dealkylation sites (tertiary alicyclic amines) is 2. The quantitative estimate of drug-likeness (QED) is 0.422. The molecule has 1 spiro atoms. The normalized spacial score (nSPS) is 20.3. The maximum Gasteiger partial charge on any atom is 0.310 e. The van der Waals surface area contributed by atoms with Gasteiger partial charge in [0.25, 0.3) is 0 Å². The summed E-state index contributed by atoms with van der Waals surface area (Å²) in [6, 6.07) is 10.5. The van der Waals surface area contributed by atoms with Crippen molar-refractivity contribution in [1.29, 1.82) is 0 Å². The topological polar surface area (TPSA) is 72.8 Å². The van der Waals surface area contributed by atoms with Gasteiger partial charge in [-0.15, -0.1) is 0 Å². The van der Waals surface area contributed by atoms with Crippen LogP contribution in [0.2, 0.25) is 0 Å².